The van der Waals surface area contributed by atoms with Crippen molar-refractivity contribution in [2.75, 3.05) is 13.2 Å². The number of hydrogen-bond donors (Lipinski definition) is 3. The molecule has 0 heterocycles. The smallest absolute Gasteiger partial charge is 0.305 e. The fourth-order valence-corrected chi connectivity index (χ4v) is 10.1. The van der Waals surface area contributed by atoms with Gasteiger partial charge in [0.2, 0.25) is 5.91 Å². The Morgan fingerprint density at radius 2 is 0.704 bits per heavy atom. The van der Waals surface area contributed by atoms with Gasteiger partial charge in [-0.15, -0.1) is 0 Å². The highest BCUT2D eigenvalue weighted by molar-refractivity contribution is 5.76. The van der Waals surface area contributed by atoms with E-state index in [1.807, 2.05) is 0 Å². The number of rotatable bonds is 60. The van der Waals surface area contributed by atoms with Crippen LogP contribution < -0.4 is 5.32 Å². The van der Waals surface area contributed by atoms with Crippen molar-refractivity contribution >= 4 is 11.9 Å². The van der Waals surface area contributed by atoms with E-state index in [1.165, 1.54) is 276 Å². The minimum absolute atomic E-state index is 0.00911. The van der Waals surface area contributed by atoms with Crippen LogP contribution in [0.3, 0.4) is 0 Å². The zero-order valence-corrected chi connectivity index (χ0v) is 48.0. The van der Waals surface area contributed by atoms with Crippen molar-refractivity contribution in [1.29, 1.82) is 0 Å². The third kappa shape index (κ3) is 57.5. The first kappa shape index (κ1) is 69.3. The molecule has 0 saturated heterocycles. The Bertz CT molecular complexity index is 1110. The van der Waals surface area contributed by atoms with Gasteiger partial charge in [0.1, 0.15) is 0 Å². The van der Waals surface area contributed by atoms with E-state index in [0.29, 0.717) is 25.9 Å². The number of amides is 1. The van der Waals surface area contributed by atoms with E-state index in [0.717, 1.165) is 44.9 Å². The van der Waals surface area contributed by atoms with Crippen molar-refractivity contribution in [2.24, 2.45) is 0 Å². The summed E-state index contributed by atoms with van der Waals surface area (Å²) in [7, 11) is 0. The van der Waals surface area contributed by atoms with E-state index in [1.54, 1.807) is 0 Å². The second kappa shape index (κ2) is 60.9. The van der Waals surface area contributed by atoms with E-state index >= 15 is 0 Å². The summed E-state index contributed by atoms with van der Waals surface area (Å²) < 4.78 is 5.48. The van der Waals surface area contributed by atoms with Gasteiger partial charge in [0, 0.05) is 12.8 Å². The number of carbonyl (C=O) groups excluding carboxylic acids is 2. The molecule has 6 nitrogen and oxygen atoms in total. The molecule has 6 heteroatoms. The molecule has 0 fully saturated rings. The van der Waals surface area contributed by atoms with Crippen molar-refractivity contribution in [3.8, 4) is 0 Å². The summed E-state index contributed by atoms with van der Waals surface area (Å²) in [4.78, 5) is 24.5. The lowest BCUT2D eigenvalue weighted by Crippen LogP contribution is -2.45. The minimum Gasteiger partial charge on any atom is -0.466 e. The molecule has 420 valence electrons. The van der Waals surface area contributed by atoms with E-state index in [9.17, 15) is 19.8 Å². The number of aliphatic hydroxyl groups is 2. The topological polar surface area (TPSA) is 95.9 Å². The molecule has 0 aromatic carbocycles. The van der Waals surface area contributed by atoms with Crippen molar-refractivity contribution < 1.29 is 24.5 Å². The highest BCUT2D eigenvalue weighted by Crippen LogP contribution is 2.18. The first-order chi connectivity index (χ1) is 35.0. The highest BCUT2D eigenvalue weighted by Gasteiger charge is 2.20. The quantitative estimate of drug-likeness (QED) is 0.0320. The van der Waals surface area contributed by atoms with Gasteiger partial charge in [-0.05, 0) is 57.8 Å². The van der Waals surface area contributed by atoms with E-state index in [-0.39, 0.29) is 18.5 Å². The Kier molecular flexibility index (Phi) is 59.5. The van der Waals surface area contributed by atoms with E-state index in [4.69, 9.17) is 4.74 Å². The normalized spacial score (nSPS) is 12.7. The van der Waals surface area contributed by atoms with E-state index < -0.39 is 12.1 Å². The number of hydrogen-bond acceptors (Lipinski definition) is 5. The van der Waals surface area contributed by atoms with Crippen LogP contribution in [0.25, 0.3) is 0 Å². The minimum atomic E-state index is -0.671. The average molecular weight is 1000 g/mol. The summed E-state index contributed by atoms with van der Waals surface area (Å²) in [6.45, 7) is 4.97. The molecule has 0 spiro atoms. The van der Waals surface area contributed by atoms with Gasteiger partial charge in [0.15, 0.2) is 0 Å². The summed E-state index contributed by atoms with van der Waals surface area (Å²) in [6, 6.07) is -0.549. The number of ether oxygens (including phenoxy) is 1. The zero-order valence-electron chi connectivity index (χ0n) is 48.0. The van der Waals surface area contributed by atoms with Crippen LogP contribution in [0, 0.1) is 0 Å². The maximum atomic E-state index is 12.5. The lowest BCUT2D eigenvalue weighted by Gasteiger charge is -2.22. The summed E-state index contributed by atoms with van der Waals surface area (Å²) in [5.74, 6) is -0.0333. The molecular weight excluding hydrogens is 875 g/mol. The number of nitrogens with one attached hydrogen (secondary N) is 1. The molecule has 0 saturated carbocycles. The third-order valence-corrected chi connectivity index (χ3v) is 15.0. The summed E-state index contributed by atoms with van der Waals surface area (Å²) in [5.41, 5.74) is 0. The van der Waals surface area contributed by atoms with Gasteiger partial charge in [-0.25, -0.2) is 0 Å². The fourth-order valence-electron chi connectivity index (χ4n) is 10.1. The Morgan fingerprint density at radius 1 is 0.394 bits per heavy atom. The lowest BCUT2D eigenvalue weighted by atomic mass is 10.0. The van der Waals surface area contributed by atoms with Crippen molar-refractivity contribution in [3.63, 3.8) is 0 Å². The van der Waals surface area contributed by atoms with Crippen LogP contribution in [0.1, 0.15) is 354 Å². The molecule has 0 aliphatic carbocycles. The van der Waals surface area contributed by atoms with E-state index in [2.05, 4.69) is 43.5 Å². The van der Waals surface area contributed by atoms with Crippen molar-refractivity contribution in [3.05, 3.63) is 24.3 Å². The van der Waals surface area contributed by atoms with Crippen molar-refractivity contribution in [1.82, 2.24) is 5.32 Å². The number of unbranched alkanes of at least 4 members (excludes halogenated alkanes) is 45. The van der Waals surface area contributed by atoms with Gasteiger partial charge in [0.05, 0.1) is 25.4 Å². The largest absolute Gasteiger partial charge is 0.466 e. The number of carbonyl (C=O) groups is 2. The number of aliphatic hydroxyl groups excluding tert-OH is 2. The lowest BCUT2D eigenvalue weighted by molar-refractivity contribution is -0.143. The molecule has 0 aromatic heterocycles. The van der Waals surface area contributed by atoms with Crippen LogP contribution in [-0.4, -0.2) is 47.4 Å². The molecule has 0 rings (SSSR count). The molecule has 2 atom stereocenters. The highest BCUT2D eigenvalue weighted by atomic mass is 16.5. The summed E-state index contributed by atoms with van der Waals surface area (Å²) in [5, 5.41) is 23.3. The van der Waals surface area contributed by atoms with Gasteiger partial charge < -0.3 is 20.3 Å². The molecule has 0 radical (unpaired) electrons. The third-order valence-electron chi connectivity index (χ3n) is 15.0. The standard InChI is InChI=1S/C65H125NO5/c1-3-5-7-9-11-13-15-17-18-19-27-30-34-37-41-45-49-53-57-63(68)62(61-67)66-64(69)58-54-50-46-42-38-35-31-28-25-23-21-20-22-24-26-29-32-36-40-44-48-52-56-60-71-65(70)59-55-51-47-43-39-33-16-14-12-10-8-6-4-2/h20,22-23,25,62-63,67-68H,3-19,21,24,26-61H2,1-2H3,(H,66,69)/b22-20-,25-23-. The van der Waals surface area contributed by atoms with Gasteiger partial charge in [0.25, 0.3) is 0 Å². The average Bonchev–Trinajstić information content (AvgIpc) is 3.37. The molecule has 2 unspecified atom stereocenters. The Labute approximate surface area is 443 Å². The van der Waals surface area contributed by atoms with Gasteiger partial charge in [-0.3, -0.25) is 9.59 Å². The van der Waals surface area contributed by atoms with Crippen LogP contribution in [0.5, 0.6) is 0 Å². The monoisotopic (exact) mass is 1000 g/mol. The molecule has 0 aromatic rings. The predicted octanol–water partition coefficient (Wildman–Crippen LogP) is 20.2. The maximum absolute atomic E-state index is 12.5. The Hall–Kier alpha value is -1.66. The summed E-state index contributed by atoms with van der Waals surface area (Å²) in [6.07, 6.45) is 74.8. The zero-order chi connectivity index (χ0) is 51.4. The second-order valence-electron chi connectivity index (χ2n) is 22.1. The SMILES string of the molecule is CCCCCCCCCCCCCCCCCCCCC(O)C(CO)NC(=O)CCCCCCCCC/C=C\C/C=C\CCCCCCCCCCCOC(=O)CCCCCCCCCCCCCCC. The van der Waals surface area contributed by atoms with Crippen LogP contribution >= 0.6 is 0 Å². The maximum Gasteiger partial charge on any atom is 0.305 e. The predicted molar refractivity (Wildman–Crippen MR) is 310 cm³/mol. The fraction of sp³-hybridized carbons (Fsp3) is 0.908. The van der Waals surface area contributed by atoms with Gasteiger partial charge in [-0.2, -0.15) is 0 Å². The summed E-state index contributed by atoms with van der Waals surface area (Å²) >= 11 is 0. The van der Waals surface area contributed by atoms with Crippen LogP contribution in [0.15, 0.2) is 24.3 Å². The Balaban J connectivity index is 3.44. The molecular formula is C65H125NO5. The molecule has 1 amide bonds. The van der Waals surface area contributed by atoms with Crippen LogP contribution in [0.2, 0.25) is 0 Å². The first-order valence-electron chi connectivity index (χ1n) is 32.1. The number of esters is 1. The molecule has 0 bridgehead atoms. The van der Waals surface area contributed by atoms with Gasteiger partial charge in [-0.1, -0.05) is 308 Å². The second-order valence-corrected chi connectivity index (χ2v) is 22.1. The molecule has 71 heavy (non-hydrogen) atoms. The van der Waals surface area contributed by atoms with Gasteiger partial charge >= 0.3 is 5.97 Å². The molecule has 0 aliphatic rings. The molecule has 0 aliphatic heterocycles. The van der Waals surface area contributed by atoms with Crippen LogP contribution in [0.4, 0.5) is 0 Å². The van der Waals surface area contributed by atoms with Crippen LogP contribution in [-0.2, 0) is 14.3 Å². The van der Waals surface area contributed by atoms with Crippen molar-refractivity contribution in [2.45, 2.75) is 366 Å². The first-order valence-corrected chi connectivity index (χ1v) is 32.1. The molecule has 3 N–H and O–H groups in total. The Morgan fingerprint density at radius 3 is 1.07 bits per heavy atom. The number of allylic oxidation sites excluding steroid dienone is 4.